The normalized spacial score (nSPS) is 11.7. The number of nitrogens with zero attached hydrogens (tertiary/aromatic N) is 3. The van der Waals surface area contributed by atoms with Crippen LogP contribution >= 0.6 is 11.6 Å². The fourth-order valence-corrected chi connectivity index (χ4v) is 2.48. The lowest BCUT2D eigenvalue weighted by atomic mass is 10.1. The van der Waals surface area contributed by atoms with E-state index in [1.165, 1.54) is 6.08 Å². The van der Waals surface area contributed by atoms with Crippen molar-refractivity contribution < 1.29 is 9.90 Å². The van der Waals surface area contributed by atoms with Crippen LogP contribution in [0.5, 0.6) is 0 Å². The molecule has 0 amide bonds. The van der Waals surface area contributed by atoms with Crippen molar-refractivity contribution in [3.63, 3.8) is 0 Å². The van der Waals surface area contributed by atoms with Crippen LogP contribution in [0.1, 0.15) is 5.56 Å². The van der Waals surface area contributed by atoms with Gasteiger partial charge in [-0.25, -0.2) is 4.98 Å². The highest BCUT2D eigenvalue weighted by Crippen LogP contribution is 2.30. The van der Waals surface area contributed by atoms with Crippen molar-refractivity contribution in [2.75, 3.05) is 0 Å². The molecule has 2 aromatic heterocycles. The van der Waals surface area contributed by atoms with Crippen molar-refractivity contribution in [2.45, 2.75) is 0 Å². The quantitative estimate of drug-likeness (QED) is 0.670. The predicted molar refractivity (Wildman–Crippen MR) is 75.1 cm³/mol. The van der Waals surface area contributed by atoms with Crippen LogP contribution in [0.4, 0.5) is 0 Å². The number of rotatable bonds is 2. The summed E-state index contributed by atoms with van der Waals surface area (Å²) in [5.41, 5.74) is 2.93. The number of pyridine rings is 1. The summed E-state index contributed by atoms with van der Waals surface area (Å²) >= 11 is 6.40. The van der Waals surface area contributed by atoms with E-state index < -0.39 is 5.97 Å². The molecule has 0 saturated carbocycles. The highest BCUT2D eigenvalue weighted by Gasteiger charge is 2.11. The summed E-state index contributed by atoms with van der Waals surface area (Å²) in [7, 11) is 1.79. The number of halogens is 1. The summed E-state index contributed by atoms with van der Waals surface area (Å²) in [6, 6.07) is 5.35. The van der Waals surface area contributed by atoms with Crippen LogP contribution in [0.3, 0.4) is 0 Å². The molecule has 6 heteroatoms. The van der Waals surface area contributed by atoms with E-state index in [9.17, 15) is 9.90 Å². The summed E-state index contributed by atoms with van der Waals surface area (Å²) in [4.78, 5) is 14.9. The van der Waals surface area contributed by atoms with Crippen LogP contribution in [-0.2, 0) is 11.8 Å². The predicted octanol–water partition coefficient (Wildman–Crippen LogP) is 1.54. The number of aliphatic carboxylic acids is 1. The molecule has 0 unspecified atom stereocenters. The molecule has 0 bridgehead atoms. The Balaban J connectivity index is 2.27. The van der Waals surface area contributed by atoms with Crippen molar-refractivity contribution in [3.8, 4) is 0 Å². The van der Waals surface area contributed by atoms with E-state index in [4.69, 9.17) is 11.6 Å². The minimum Gasteiger partial charge on any atom is -0.545 e. The number of hydrogen-bond acceptors (Lipinski definition) is 4. The molecule has 0 aliphatic heterocycles. The number of carboxylic acids is 1. The van der Waals surface area contributed by atoms with E-state index >= 15 is 0 Å². The first-order valence-electron chi connectivity index (χ1n) is 5.86. The third-order valence-corrected chi connectivity index (χ3v) is 3.42. The van der Waals surface area contributed by atoms with Crippen molar-refractivity contribution in [1.82, 2.24) is 14.8 Å². The summed E-state index contributed by atoms with van der Waals surface area (Å²) in [5.74, 6) is -1.24. The lowest BCUT2D eigenvalue weighted by molar-refractivity contribution is -0.297. The summed E-state index contributed by atoms with van der Waals surface area (Å²) in [5, 5.41) is 15.9. The minimum atomic E-state index is -1.24. The zero-order valence-corrected chi connectivity index (χ0v) is 11.3. The van der Waals surface area contributed by atoms with Gasteiger partial charge in [0.1, 0.15) is 11.0 Å². The van der Waals surface area contributed by atoms with Gasteiger partial charge in [-0.1, -0.05) is 23.7 Å². The third-order valence-electron chi connectivity index (χ3n) is 3.04. The first-order valence-corrected chi connectivity index (χ1v) is 6.24. The lowest BCUT2D eigenvalue weighted by Crippen LogP contribution is -2.18. The standard InChI is InChI=1S/C14H10ClN3O2/c1-18-14-11(7-16-18)17-10-4-2-8(3-5-12(19)20)6-9(10)13(14)15/h2-7H,1H3,(H,19,20)/p-1/b5-3+. The van der Waals surface area contributed by atoms with Crippen LogP contribution in [0.25, 0.3) is 28.0 Å². The fourth-order valence-electron chi connectivity index (χ4n) is 2.11. The van der Waals surface area contributed by atoms with Gasteiger partial charge in [-0.3, -0.25) is 4.68 Å². The molecular formula is C14H9ClN3O2-. The van der Waals surface area contributed by atoms with Gasteiger partial charge in [0.15, 0.2) is 0 Å². The van der Waals surface area contributed by atoms with Crippen LogP contribution in [-0.4, -0.2) is 20.7 Å². The Morgan fingerprint density at radius 3 is 2.95 bits per heavy atom. The molecule has 5 nitrogen and oxygen atoms in total. The molecule has 0 atom stereocenters. The Morgan fingerprint density at radius 2 is 2.20 bits per heavy atom. The molecule has 3 aromatic rings. The minimum absolute atomic E-state index is 0.550. The molecule has 3 rings (SSSR count). The van der Waals surface area contributed by atoms with Gasteiger partial charge < -0.3 is 9.90 Å². The van der Waals surface area contributed by atoms with Crippen molar-refractivity contribution in [3.05, 3.63) is 41.1 Å². The first kappa shape index (κ1) is 12.6. The molecule has 100 valence electrons. The number of aromatic nitrogens is 3. The molecule has 1 aromatic carbocycles. The van der Waals surface area contributed by atoms with Gasteiger partial charge in [0.05, 0.1) is 22.7 Å². The zero-order chi connectivity index (χ0) is 14.3. The number of hydrogen-bond donors (Lipinski definition) is 0. The summed E-state index contributed by atoms with van der Waals surface area (Å²) in [6.45, 7) is 0. The smallest absolute Gasteiger partial charge is 0.111 e. The third kappa shape index (κ3) is 2.02. The number of carboxylic acid groups (broad SMARTS) is 1. The van der Waals surface area contributed by atoms with Gasteiger partial charge in [0, 0.05) is 12.4 Å². The molecule has 0 aliphatic rings. The van der Waals surface area contributed by atoms with Crippen LogP contribution in [0.2, 0.25) is 5.02 Å². The highest BCUT2D eigenvalue weighted by molar-refractivity contribution is 6.39. The number of carbonyl (C=O) groups is 1. The van der Waals surface area contributed by atoms with E-state index in [0.717, 1.165) is 28.0 Å². The Hall–Kier alpha value is -2.40. The topological polar surface area (TPSA) is 70.8 Å². The van der Waals surface area contributed by atoms with Crippen molar-refractivity contribution in [1.29, 1.82) is 0 Å². The van der Waals surface area contributed by atoms with Crippen molar-refractivity contribution in [2.24, 2.45) is 7.05 Å². The van der Waals surface area contributed by atoms with E-state index in [0.29, 0.717) is 10.6 Å². The van der Waals surface area contributed by atoms with Gasteiger partial charge in [-0.2, -0.15) is 5.10 Å². The van der Waals surface area contributed by atoms with Gasteiger partial charge >= 0.3 is 0 Å². The Labute approximate surface area is 119 Å². The highest BCUT2D eigenvalue weighted by atomic mass is 35.5. The largest absolute Gasteiger partial charge is 0.545 e. The molecule has 0 radical (unpaired) electrons. The SMILES string of the molecule is Cn1ncc2nc3ccc(/C=C/C(=O)[O-])cc3c(Cl)c21. The van der Waals surface area contributed by atoms with Crippen LogP contribution in [0, 0.1) is 0 Å². The molecule has 20 heavy (non-hydrogen) atoms. The summed E-state index contributed by atoms with van der Waals surface area (Å²) < 4.78 is 1.66. The number of fused-ring (bicyclic) bond motifs is 2. The number of carbonyl (C=O) groups excluding carboxylic acids is 1. The molecule has 0 N–H and O–H groups in total. The number of aryl methyl sites for hydroxylation is 1. The Morgan fingerprint density at radius 1 is 1.40 bits per heavy atom. The molecule has 2 heterocycles. The molecule has 0 aliphatic carbocycles. The second-order valence-electron chi connectivity index (χ2n) is 4.36. The number of benzene rings is 1. The second-order valence-corrected chi connectivity index (χ2v) is 4.73. The fraction of sp³-hybridized carbons (Fsp3) is 0.0714. The average molecular weight is 287 g/mol. The van der Waals surface area contributed by atoms with Gasteiger partial charge in [-0.05, 0) is 23.8 Å². The van der Waals surface area contributed by atoms with E-state index in [1.54, 1.807) is 36.1 Å². The maximum Gasteiger partial charge on any atom is 0.111 e. The Kier molecular flexibility index (Phi) is 2.91. The van der Waals surface area contributed by atoms with Crippen molar-refractivity contribution >= 4 is 45.6 Å². The van der Waals surface area contributed by atoms with E-state index in [-0.39, 0.29) is 0 Å². The zero-order valence-electron chi connectivity index (χ0n) is 10.5. The lowest BCUT2D eigenvalue weighted by Gasteiger charge is -2.04. The van der Waals surface area contributed by atoms with Crippen LogP contribution < -0.4 is 5.11 Å². The monoisotopic (exact) mass is 286 g/mol. The molecule has 0 fully saturated rings. The molecular weight excluding hydrogens is 278 g/mol. The Bertz CT molecular complexity index is 868. The molecule has 0 spiro atoms. The summed E-state index contributed by atoms with van der Waals surface area (Å²) in [6.07, 6.45) is 4.09. The van der Waals surface area contributed by atoms with E-state index in [2.05, 4.69) is 10.1 Å². The van der Waals surface area contributed by atoms with E-state index in [1.807, 2.05) is 0 Å². The van der Waals surface area contributed by atoms with Gasteiger partial charge in [0.2, 0.25) is 0 Å². The van der Waals surface area contributed by atoms with Gasteiger partial charge in [0.25, 0.3) is 0 Å². The molecule has 0 saturated heterocycles. The van der Waals surface area contributed by atoms with Gasteiger partial charge in [-0.15, -0.1) is 0 Å². The first-order chi connectivity index (χ1) is 9.56. The maximum absolute atomic E-state index is 10.4. The average Bonchev–Trinajstić information content (AvgIpc) is 2.78. The second kappa shape index (κ2) is 4.61. The maximum atomic E-state index is 10.4. The van der Waals surface area contributed by atoms with Crippen LogP contribution in [0.15, 0.2) is 30.5 Å².